The lowest BCUT2D eigenvalue weighted by Gasteiger charge is -2.46. The summed E-state index contributed by atoms with van der Waals surface area (Å²) in [6.45, 7) is 15.5. The normalized spacial score (nSPS) is 25.5. The third kappa shape index (κ3) is 6.25. The molecule has 1 rings (SSSR count). The summed E-state index contributed by atoms with van der Waals surface area (Å²) >= 11 is 0. The quantitative estimate of drug-likeness (QED) is 0.815. The zero-order valence-electron chi connectivity index (χ0n) is 14.6. The summed E-state index contributed by atoms with van der Waals surface area (Å²) in [5.74, 6) is 1.19. The maximum atomic E-state index is 11.8. The Hall–Kier alpha value is -0.130. The first kappa shape index (κ1) is 18.9. The van der Waals surface area contributed by atoms with Gasteiger partial charge in [-0.3, -0.25) is 4.90 Å². The van der Waals surface area contributed by atoms with E-state index >= 15 is 0 Å². The monoisotopic (exact) mass is 318 g/mol. The van der Waals surface area contributed by atoms with Crippen molar-refractivity contribution in [2.45, 2.75) is 60.0 Å². The third-order valence-corrected chi connectivity index (χ3v) is 6.06. The summed E-state index contributed by atoms with van der Waals surface area (Å²) in [6.07, 6.45) is 1.15. The van der Waals surface area contributed by atoms with Gasteiger partial charge in [-0.2, -0.15) is 0 Å². The molecule has 1 aliphatic rings. The van der Waals surface area contributed by atoms with Gasteiger partial charge in [0.15, 0.2) is 9.84 Å². The Morgan fingerprint density at radius 1 is 1.29 bits per heavy atom. The van der Waals surface area contributed by atoms with Crippen molar-refractivity contribution in [3.05, 3.63) is 0 Å². The zero-order valence-corrected chi connectivity index (χ0v) is 15.5. The highest BCUT2D eigenvalue weighted by Crippen LogP contribution is 2.27. The summed E-state index contributed by atoms with van der Waals surface area (Å²) in [6, 6.07) is 0.876. The Morgan fingerprint density at radius 3 is 2.38 bits per heavy atom. The van der Waals surface area contributed by atoms with Crippen molar-refractivity contribution in [3.8, 4) is 0 Å². The van der Waals surface area contributed by atoms with Crippen molar-refractivity contribution >= 4 is 9.84 Å². The average Bonchev–Trinajstić information content (AvgIpc) is 2.34. The van der Waals surface area contributed by atoms with Crippen LogP contribution in [0.3, 0.4) is 0 Å². The van der Waals surface area contributed by atoms with E-state index in [-0.39, 0.29) is 16.9 Å². The molecule has 0 radical (unpaired) electrons. The summed E-state index contributed by atoms with van der Waals surface area (Å²) in [4.78, 5) is 2.40. The molecule has 2 atom stereocenters. The molecule has 0 bridgehead atoms. The van der Waals surface area contributed by atoms with Gasteiger partial charge >= 0.3 is 0 Å². The van der Waals surface area contributed by atoms with E-state index in [0.29, 0.717) is 24.5 Å². The molecule has 126 valence electrons. The van der Waals surface area contributed by atoms with Crippen molar-refractivity contribution in [1.29, 1.82) is 0 Å². The molecule has 0 aromatic carbocycles. The number of nitrogens with zero attached hydrogens (tertiary/aromatic N) is 1. The van der Waals surface area contributed by atoms with Crippen LogP contribution in [0.25, 0.3) is 0 Å². The fourth-order valence-electron chi connectivity index (χ4n) is 3.11. The smallest absolute Gasteiger partial charge is 0.151 e. The average molecular weight is 319 g/mol. The van der Waals surface area contributed by atoms with E-state index in [1.807, 2.05) is 0 Å². The van der Waals surface area contributed by atoms with Crippen LogP contribution in [0.15, 0.2) is 0 Å². The van der Waals surface area contributed by atoms with Crippen LogP contribution in [0.5, 0.6) is 0 Å². The van der Waals surface area contributed by atoms with Crippen LogP contribution in [0.1, 0.15) is 48.0 Å². The van der Waals surface area contributed by atoms with Crippen molar-refractivity contribution in [2.75, 3.05) is 31.1 Å². The minimum absolute atomic E-state index is 0.159. The van der Waals surface area contributed by atoms with Gasteiger partial charge in [-0.05, 0) is 17.8 Å². The Bertz CT molecular complexity index is 412. The topological polar surface area (TPSA) is 49.4 Å². The summed E-state index contributed by atoms with van der Waals surface area (Å²) < 4.78 is 23.6. The van der Waals surface area contributed by atoms with Gasteiger partial charge in [0.2, 0.25) is 0 Å². The van der Waals surface area contributed by atoms with E-state index in [9.17, 15) is 8.42 Å². The number of hydrogen-bond acceptors (Lipinski definition) is 4. The van der Waals surface area contributed by atoms with Crippen LogP contribution >= 0.6 is 0 Å². The molecule has 1 aliphatic heterocycles. The van der Waals surface area contributed by atoms with Crippen LogP contribution < -0.4 is 5.32 Å². The van der Waals surface area contributed by atoms with E-state index in [4.69, 9.17) is 0 Å². The standard InChI is InChI=1S/C16H34N2O2S/c1-7-21(19,20)9-8-18-12-14(10-13(2)3)17-11-15(18)16(4,5)6/h13-15,17H,7-12H2,1-6H3. The van der Waals surface area contributed by atoms with Crippen LogP contribution in [0.2, 0.25) is 0 Å². The summed E-state index contributed by atoms with van der Waals surface area (Å²) in [5, 5.41) is 3.66. The lowest BCUT2D eigenvalue weighted by Crippen LogP contribution is -2.61. The highest BCUT2D eigenvalue weighted by Gasteiger charge is 2.35. The highest BCUT2D eigenvalue weighted by molar-refractivity contribution is 7.91. The Kier molecular flexibility index (Phi) is 6.69. The molecule has 0 spiro atoms. The summed E-state index contributed by atoms with van der Waals surface area (Å²) in [7, 11) is -2.89. The largest absolute Gasteiger partial charge is 0.311 e. The van der Waals surface area contributed by atoms with Gasteiger partial charge in [-0.1, -0.05) is 41.5 Å². The first-order valence-electron chi connectivity index (χ1n) is 8.23. The number of hydrogen-bond donors (Lipinski definition) is 1. The molecule has 0 amide bonds. The maximum absolute atomic E-state index is 11.8. The molecule has 1 saturated heterocycles. The van der Waals surface area contributed by atoms with Gasteiger partial charge in [-0.25, -0.2) is 8.42 Å². The zero-order chi connectivity index (χ0) is 16.3. The molecule has 0 aromatic heterocycles. The molecule has 1 N–H and O–H groups in total. The molecule has 4 nitrogen and oxygen atoms in total. The van der Waals surface area contributed by atoms with Gasteiger partial charge in [0, 0.05) is 37.5 Å². The molecule has 0 saturated carbocycles. The van der Waals surface area contributed by atoms with Crippen molar-refractivity contribution in [2.24, 2.45) is 11.3 Å². The molecule has 2 unspecified atom stereocenters. The van der Waals surface area contributed by atoms with E-state index in [1.54, 1.807) is 6.92 Å². The van der Waals surface area contributed by atoms with Crippen molar-refractivity contribution in [3.63, 3.8) is 0 Å². The Morgan fingerprint density at radius 2 is 1.90 bits per heavy atom. The second-order valence-electron chi connectivity index (χ2n) is 7.85. The van der Waals surface area contributed by atoms with Crippen LogP contribution in [0, 0.1) is 11.3 Å². The van der Waals surface area contributed by atoms with E-state index in [2.05, 4.69) is 44.8 Å². The molecular formula is C16H34N2O2S. The SMILES string of the molecule is CCS(=O)(=O)CCN1CC(CC(C)C)NCC1C(C)(C)C. The van der Waals surface area contributed by atoms with Gasteiger partial charge in [0.05, 0.1) is 5.75 Å². The van der Waals surface area contributed by atoms with Gasteiger partial charge < -0.3 is 5.32 Å². The number of piperazine rings is 1. The predicted molar refractivity (Wildman–Crippen MR) is 90.4 cm³/mol. The molecule has 1 fully saturated rings. The van der Waals surface area contributed by atoms with Gasteiger partial charge in [-0.15, -0.1) is 0 Å². The molecule has 5 heteroatoms. The fraction of sp³-hybridized carbons (Fsp3) is 1.00. The second-order valence-corrected chi connectivity index (χ2v) is 10.3. The van der Waals surface area contributed by atoms with Crippen LogP contribution in [0.4, 0.5) is 0 Å². The first-order chi connectivity index (χ1) is 9.55. The number of rotatable bonds is 6. The fourth-order valence-corrected chi connectivity index (χ4v) is 3.91. The minimum Gasteiger partial charge on any atom is -0.311 e. The second kappa shape index (κ2) is 7.42. The van der Waals surface area contributed by atoms with Crippen molar-refractivity contribution < 1.29 is 8.42 Å². The maximum Gasteiger partial charge on any atom is 0.151 e. The molecular weight excluding hydrogens is 284 g/mol. The number of nitrogens with one attached hydrogen (secondary N) is 1. The van der Waals surface area contributed by atoms with Crippen molar-refractivity contribution in [1.82, 2.24) is 10.2 Å². The molecule has 0 aromatic rings. The van der Waals surface area contributed by atoms with E-state index in [1.165, 1.54) is 0 Å². The molecule has 1 heterocycles. The van der Waals surface area contributed by atoms with E-state index < -0.39 is 9.84 Å². The Balaban J connectivity index is 2.74. The van der Waals surface area contributed by atoms with Crippen LogP contribution in [-0.4, -0.2) is 56.5 Å². The highest BCUT2D eigenvalue weighted by atomic mass is 32.2. The first-order valence-corrected chi connectivity index (χ1v) is 10.0. The Labute approximate surface area is 131 Å². The minimum atomic E-state index is -2.89. The van der Waals surface area contributed by atoms with Gasteiger partial charge in [0.1, 0.15) is 0 Å². The lowest BCUT2D eigenvalue weighted by molar-refractivity contribution is 0.0567. The predicted octanol–water partition coefficient (Wildman–Crippen LogP) is 2.16. The summed E-state index contributed by atoms with van der Waals surface area (Å²) in [5.41, 5.74) is 0.159. The number of sulfone groups is 1. The molecule has 21 heavy (non-hydrogen) atoms. The van der Waals surface area contributed by atoms with Gasteiger partial charge in [0.25, 0.3) is 0 Å². The third-order valence-electron chi connectivity index (χ3n) is 4.38. The molecule has 0 aliphatic carbocycles. The van der Waals surface area contributed by atoms with Crippen LogP contribution in [-0.2, 0) is 9.84 Å². The lowest BCUT2D eigenvalue weighted by atomic mass is 9.83. The van der Waals surface area contributed by atoms with E-state index in [0.717, 1.165) is 19.5 Å².